The van der Waals surface area contributed by atoms with E-state index in [2.05, 4.69) is 20.8 Å². The molecule has 0 radical (unpaired) electrons. The van der Waals surface area contributed by atoms with Crippen molar-refractivity contribution in [1.82, 2.24) is 0 Å². The molecule has 210 valence electrons. The molecule has 4 rings (SSSR count). The molecule has 3 aromatic rings. The van der Waals surface area contributed by atoms with Crippen LogP contribution in [0.4, 0.5) is 5.69 Å². The van der Waals surface area contributed by atoms with Crippen LogP contribution in [0.1, 0.15) is 45.6 Å². The molecule has 0 aromatic heterocycles. The molecule has 0 N–H and O–H groups in total. The number of hydrogen-bond donors (Lipinski definition) is 0. The minimum Gasteiger partial charge on any atom is -0.490 e. The molecule has 9 heteroatoms. The van der Waals surface area contributed by atoms with Crippen LogP contribution in [0.25, 0.3) is 0 Å². The first kappa shape index (κ1) is 28.7. The van der Waals surface area contributed by atoms with E-state index in [1.54, 1.807) is 54.6 Å². The van der Waals surface area contributed by atoms with Gasteiger partial charge in [0, 0.05) is 6.61 Å². The highest BCUT2D eigenvalue weighted by atomic mass is 32.2. The Kier molecular flexibility index (Phi) is 9.37. The number of anilines is 1. The van der Waals surface area contributed by atoms with Crippen LogP contribution >= 0.6 is 0 Å². The Morgan fingerprint density at radius 3 is 2.26 bits per heavy atom. The molecule has 1 fully saturated rings. The van der Waals surface area contributed by atoms with Crippen molar-refractivity contribution in [3.63, 3.8) is 0 Å². The van der Waals surface area contributed by atoms with Gasteiger partial charge in [0.15, 0.2) is 12.0 Å². The number of para-hydroxylation sites is 2. The van der Waals surface area contributed by atoms with Crippen molar-refractivity contribution in [2.75, 3.05) is 31.4 Å². The SMILES string of the molecule is COc1c(OCCOC2CCCCO2)cccc1ON(c1ccccc1)S(=O)(=O)c1ccc(C(C)(C)C)cc1. The molecule has 0 bridgehead atoms. The first-order chi connectivity index (χ1) is 18.7. The standard InChI is InChI=1S/C30H37NO7S/c1-30(2,3)23-16-18-25(19-17-23)39(32,33)31(24-11-6-5-7-12-24)38-27-14-10-13-26(29(27)34-4)35-21-22-37-28-15-8-9-20-36-28/h5-7,10-14,16-19,28H,8-9,15,20-22H2,1-4H3. The molecule has 3 aromatic carbocycles. The summed E-state index contributed by atoms with van der Waals surface area (Å²) in [5.41, 5.74) is 1.26. The Morgan fingerprint density at radius 2 is 1.62 bits per heavy atom. The van der Waals surface area contributed by atoms with E-state index < -0.39 is 10.0 Å². The molecule has 1 saturated heterocycles. The highest BCUT2D eigenvalue weighted by molar-refractivity contribution is 7.92. The lowest BCUT2D eigenvalue weighted by atomic mass is 9.87. The van der Waals surface area contributed by atoms with E-state index in [1.165, 1.54) is 7.11 Å². The van der Waals surface area contributed by atoms with Crippen LogP contribution in [0, 0.1) is 0 Å². The molecule has 0 amide bonds. The minimum absolute atomic E-state index is 0.104. The first-order valence-corrected chi connectivity index (χ1v) is 14.6. The fraction of sp³-hybridized carbons (Fsp3) is 0.400. The van der Waals surface area contributed by atoms with Gasteiger partial charge in [0.05, 0.1) is 24.3 Å². The molecule has 1 atom stereocenters. The summed E-state index contributed by atoms with van der Waals surface area (Å²) in [6.07, 6.45) is 2.80. The van der Waals surface area contributed by atoms with Gasteiger partial charge in [-0.2, -0.15) is 8.42 Å². The zero-order valence-electron chi connectivity index (χ0n) is 23.0. The lowest BCUT2D eigenvalue weighted by Crippen LogP contribution is -2.34. The molecule has 0 saturated carbocycles. The maximum atomic E-state index is 13.8. The van der Waals surface area contributed by atoms with Gasteiger partial charge in [-0.3, -0.25) is 0 Å². The van der Waals surface area contributed by atoms with E-state index in [-0.39, 0.29) is 34.7 Å². The minimum atomic E-state index is -4.10. The summed E-state index contributed by atoms with van der Waals surface area (Å²) in [5, 5.41) is 0. The van der Waals surface area contributed by atoms with Crippen LogP contribution in [-0.2, 0) is 24.9 Å². The molecule has 1 aliphatic heterocycles. The fourth-order valence-electron chi connectivity index (χ4n) is 4.16. The highest BCUT2D eigenvalue weighted by Gasteiger charge is 2.29. The molecular weight excluding hydrogens is 518 g/mol. The molecular formula is C30H37NO7S. The van der Waals surface area contributed by atoms with Crippen molar-refractivity contribution < 1.29 is 32.2 Å². The highest BCUT2D eigenvalue weighted by Crippen LogP contribution is 2.39. The predicted molar refractivity (Wildman–Crippen MR) is 150 cm³/mol. The summed E-state index contributed by atoms with van der Waals surface area (Å²) in [6, 6.07) is 20.6. The maximum absolute atomic E-state index is 13.8. The van der Waals surface area contributed by atoms with Crippen LogP contribution in [0.15, 0.2) is 77.7 Å². The van der Waals surface area contributed by atoms with Gasteiger partial charge in [0.2, 0.25) is 11.5 Å². The maximum Gasteiger partial charge on any atom is 0.295 e. The van der Waals surface area contributed by atoms with Crippen molar-refractivity contribution >= 4 is 15.7 Å². The van der Waals surface area contributed by atoms with Gasteiger partial charge in [-0.25, -0.2) is 0 Å². The van der Waals surface area contributed by atoms with Crippen molar-refractivity contribution in [3.05, 3.63) is 78.4 Å². The molecule has 1 heterocycles. The third kappa shape index (κ3) is 7.23. The van der Waals surface area contributed by atoms with Gasteiger partial charge in [-0.05, 0) is 66.6 Å². The summed E-state index contributed by atoms with van der Waals surface area (Å²) in [7, 11) is -2.62. The molecule has 39 heavy (non-hydrogen) atoms. The monoisotopic (exact) mass is 555 g/mol. The van der Waals surface area contributed by atoms with E-state index >= 15 is 0 Å². The second-order valence-corrected chi connectivity index (χ2v) is 12.0. The van der Waals surface area contributed by atoms with Crippen molar-refractivity contribution in [2.24, 2.45) is 0 Å². The third-order valence-corrected chi connectivity index (χ3v) is 7.90. The number of ether oxygens (including phenoxy) is 4. The van der Waals surface area contributed by atoms with E-state index in [1.807, 2.05) is 18.2 Å². The van der Waals surface area contributed by atoms with Gasteiger partial charge in [-0.15, -0.1) is 0 Å². The van der Waals surface area contributed by atoms with Crippen molar-refractivity contribution in [3.8, 4) is 17.2 Å². The average molecular weight is 556 g/mol. The quantitative estimate of drug-likeness (QED) is 0.209. The Morgan fingerprint density at radius 1 is 0.897 bits per heavy atom. The van der Waals surface area contributed by atoms with Gasteiger partial charge < -0.3 is 23.8 Å². The Labute approximate surface area is 231 Å². The average Bonchev–Trinajstić information content (AvgIpc) is 2.94. The van der Waals surface area contributed by atoms with Crippen LogP contribution < -0.4 is 18.8 Å². The summed E-state index contributed by atoms with van der Waals surface area (Å²) >= 11 is 0. The molecule has 0 spiro atoms. The van der Waals surface area contributed by atoms with E-state index in [0.29, 0.717) is 24.7 Å². The van der Waals surface area contributed by atoms with Gasteiger partial charge in [0.1, 0.15) is 6.61 Å². The largest absolute Gasteiger partial charge is 0.490 e. The van der Waals surface area contributed by atoms with Crippen LogP contribution in [0.2, 0.25) is 0 Å². The summed E-state index contributed by atoms with van der Waals surface area (Å²) in [4.78, 5) is 6.18. The number of sulfonamides is 1. The zero-order valence-corrected chi connectivity index (χ0v) is 23.8. The molecule has 1 aliphatic rings. The Bertz CT molecular complexity index is 1300. The second-order valence-electron chi connectivity index (χ2n) is 10.2. The summed E-state index contributed by atoms with van der Waals surface area (Å²) in [5.74, 6) is 0.860. The first-order valence-electron chi connectivity index (χ1n) is 13.1. The van der Waals surface area contributed by atoms with Gasteiger partial charge >= 0.3 is 0 Å². The van der Waals surface area contributed by atoms with E-state index in [9.17, 15) is 8.42 Å². The van der Waals surface area contributed by atoms with Crippen LogP contribution in [0.3, 0.4) is 0 Å². The lowest BCUT2D eigenvalue weighted by Gasteiger charge is -2.26. The molecule has 0 aliphatic carbocycles. The fourth-order valence-corrected chi connectivity index (χ4v) is 5.41. The Balaban J connectivity index is 1.57. The van der Waals surface area contributed by atoms with Crippen LogP contribution in [0.5, 0.6) is 17.2 Å². The van der Waals surface area contributed by atoms with E-state index in [4.69, 9.17) is 23.8 Å². The van der Waals surface area contributed by atoms with E-state index in [0.717, 1.165) is 29.3 Å². The normalized spacial score (nSPS) is 15.9. The number of benzene rings is 3. The molecule has 1 unspecified atom stereocenters. The van der Waals surface area contributed by atoms with Crippen LogP contribution in [-0.4, -0.2) is 41.6 Å². The predicted octanol–water partition coefficient (Wildman–Crippen LogP) is 6.10. The van der Waals surface area contributed by atoms with Gasteiger partial charge in [0.25, 0.3) is 10.0 Å². The summed E-state index contributed by atoms with van der Waals surface area (Å²) < 4.78 is 51.4. The number of hydrogen-bond acceptors (Lipinski definition) is 7. The van der Waals surface area contributed by atoms with Crippen molar-refractivity contribution in [1.29, 1.82) is 0 Å². The van der Waals surface area contributed by atoms with Crippen molar-refractivity contribution in [2.45, 2.75) is 56.6 Å². The number of methoxy groups -OCH3 is 1. The third-order valence-electron chi connectivity index (χ3n) is 6.31. The summed E-state index contributed by atoms with van der Waals surface area (Å²) in [6.45, 7) is 7.54. The number of rotatable bonds is 11. The topological polar surface area (TPSA) is 83.5 Å². The molecule has 8 nitrogen and oxygen atoms in total. The second kappa shape index (κ2) is 12.7. The number of nitrogens with zero attached hydrogens (tertiary/aromatic N) is 1. The smallest absolute Gasteiger partial charge is 0.295 e. The van der Waals surface area contributed by atoms with Gasteiger partial charge in [-0.1, -0.05) is 61.6 Å². The Hall–Kier alpha value is -3.27. The zero-order chi connectivity index (χ0) is 27.9. The lowest BCUT2D eigenvalue weighted by molar-refractivity contribution is -0.165.